The highest BCUT2D eigenvalue weighted by atomic mass is 16.6. The summed E-state index contributed by atoms with van der Waals surface area (Å²) in [7, 11) is 0. The zero-order valence-corrected chi connectivity index (χ0v) is 17.3. The second-order valence-electron chi connectivity index (χ2n) is 9.09. The molecule has 2 aliphatic heterocycles. The SMILES string of the molecule is CC(C)CCN1CCN(C(=O)C2CCN(C(=O)OC(C)(C)C)CC2)CC1. The number of ether oxygens (including phenoxy) is 1. The van der Waals surface area contributed by atoms with Crippen LogP contribution < -0.4 is 0 Å². The monoisotopic (exact) mass is 367 g/mol. The topological polar surface area (TPSA) is 53.1 Å². The summed E-state index contributed by atoms with van der Waals surface area (Å²) in [5.74, 6) is 1.05. The van der Waals surface area contributed by atoms with Gasteiger partial charge < -0.3 is 14.5 Å². The summed E-state index contributed by atoms with van der Waals surface area (Å²) in [6.07, 6.45) is 2.44. The van der Waals surface area contributed by atoms with Crippen LogP contribution in [0.4, 0.5) is 4.79 Å². The molecule has 26 heavy (non-hydrogen) atoms. The molecule has 150 valence electrons. The molecular formula is C20H37N3O3. The van der Waals surface area contributed by atoms with Gasteiger partial charge in [0.15, 0.2) is 0 Å². The lowest BCUT2D eigenvalue weighted by atomic mass is 9.95. The minimum Gasteiger partial charge on any atom is -0.444 e. The van der Waals surface area contributed by atoms with Gasteiger partial charge in [-0.3, -0.25) is 9.69 Å². The highest BCUT2D eigenvalue weighted by Gasteiger charge is 2.33. The van der Waals surface area contributed by atoms with Gasteiger partial charge in [-0.1, -0.05) is 13.8 Å². The standard InChI is InChI=1S/C20H37N3O3/c1-16(2)6-9-21-12-14-22(15-13-21)18(24)17-7-10-23(11-8-17)19(25)26-20(3,4)5/h16-17H,6-15H2,1-5H3. The Hall–Kier alpha value is -1.30. The van der Waals surface area contributed by atoms with Crippen LogP contribution in [-0.4, -0.2) is 78.1 Å². The van der Waals surface area contributed by atoms with E-state index in [9.17, 15) is 9.59 Å². The summed E-state index contributed by atoms with van der Waals surface area (Å²) in [5.41, 5.74) is -0.473. The van der Waals surface area contributed by atoms with E-state index in [-0.39, 0.29) is 17.9 Å². The Morgan fingerprint density at radius 2 is 1.54 bits per heavy atom. The van der Waals surface area contributed by atoms with Crippen molar-refractivity contribution in [3.8, 4) is 0 Å². The molecule has 6 nitrogen and oxygen atoms in total. The lowest BCUT2D eigenvalue weighted by molar-refractivity contribution is -0.138. The van der Waals surface area contributed by atoms with Crippen molar-refractivity contribution in [1.29, 1.82) is 0 Å². The van der Waals surface area contributed by atoms with E-state index in [1.54, 1.807) is 4.90 Å². The molecule has 6 heteroatoms. The summed E-state index contributed by atoms with van der Waals surface area (Å²) in [6, 6.07) is 0. The quantitative estimate of drug-likeness (QED) is 0.767. The molecule has 2 fully saturated rings. The number of carbonyl (C=O) groups is 2. The number of likely N-dealkylation sites (tertiary alicyclic amines) is 1. The molecule has 2 rings (SSSR count). The first kappa shape index (κ1) is 21.0. The van der Waals surface area contributed by atoms with Crippen LogP contribution in [0.5, 0.6) is 0 Å². The molecule has 0 N–H and O–H groups in total. The first-order chi connectivity index (χ1) is 12.2. The van der Waals surface area contributed by atoms with Crippen LogP contribution in [0.2, 0.25) is 0 Å². The Kier molecular flexibility index (Phi) is 7.33. The van der Waals surface area contributed by atoms with Gasteiger partial charge in [0.2, 0.25) is 5.91 Å². The van der Waals surface area contributed by atoms with E-state index in [1.165, 1.54) is 6.42 Å². The van der Waals surface area contributed by atoms with Gasteiger partial charge in [-0.2, -0.15) is 0 Å². The third-order valence-corrected chi connectivity index (χ3v) is 5.20. The zero-order chi connectivity index (χ0) is 19.3. The zero-order valence-electron chi connectivity index (χ0n) is 17.3. The number of carbonyl (C=O) groups excluding carboxylic acids is 2. The number of nitrogens with zero attached hydrogens (tertiary/aromatic N) is 3. The van der Waals surface area contributed by atoms with E-state index < -0.39 is 5.60 Å². The molecule has 2 aliphatic rings. The molecule has 0 aromatic heterocycles. The molecule has 0 radical (unpaired) electrons. The molecule has 0 bridgehead atoms. The fraction of sp³-hybridized carbons (Fsp3) is 0.900. The van der Waals surface area contributed by atoms with Crippen molar-refractivity contribution in [3.05, 3.63) is 0 Å². The molecule has 0 aliphatic carbocycles. The highest BCUT2D eigenvalue weighted by molar-refractivity contribution is 5.79. The maximum Gasteiger partial charge on any atom is 0.410 e. The maximum absolute atomic E-state index is 12.8. The first-order valence-corrected chi connectivity index (χ1v) is 10.1. The summed E-state index contributed by atoms with van der Waals surface area (Å²) in [5, 5.41) is 0. The van der Waals surface area contributed by atoms with Crippen molar-refractivity contribution in [2.45, 2.75) is 59.5 Å². The number of piperazine rings is 1. The molecule has 0 aromatic carbocycles. The van der Waals surface area contributed by atoms with Gasteiger partial charge >= 0.3 is 6.09 Å². The fourth-order valence-electron chi connectivity index (χ4n) is 3.53. The van der Waals surface area contributed by atoms with E-state index in [1.807, 2.05) is 25.7 Å². The van der Waals surface area contributed by atoms with Gasteiger partial charge in [0.05, 0.1) is 0 Å². The third kappa shape index (κ3) is 6.45. The lowest BCUT2D eigenvalue weighted by Gasteiger charge is -2.39. The van der Waals surface area contributed by atoms with Crippen LogP contribution in [0.3, 0.4) is 0 Å². The predicted molar refractivity (Wildman–Crippen MR) is 103 cm³/mol. The summed E-state index contributed by atoms with van der Waals surface area (Å²) in [4.78, 5) is 31.2. The molecule has 0 aromatic rings. The van der Waals surface area contributed by atoms with Gasteiger partial charge in [-0.25, -0.2) is 4.79 Å². The maximum atomic E-state index is 12.8. The fourth-order valence-corrected chi connectivity index (χ4v) is 3.53. The van der Waals surface area contributed by atoms with Crippen LogP contribution in [0.1, 0.15) is 53.9 Å². The first-order valence-electron chi connectivity index (χ1n) is 10.1. The number of amides is 2. The number of piperidine rings is 1. The molecule has 0 saturated carbocycles. The Morgan fingerprint density at radius 1 is 0.962 bits per heavy atom. The molecule has 2 amide bonds. The largest absolute Gasteiger partial charge is 0.444 e. The van der Waals surface area contributed by atoms with Crippen LogP contribution in [0.15, 0.2) is 0 Å². The molecule has 2 saturated heterocycles. The van der Waals surface area contributed by atoms with Crippen LogP contribution >= 0.6 is 0 Å². The summed E-state index contributed by atoms with van der Waals surface area (Å²) in [6.45, 7) is 16.1. The Labute approximate surface area is 158 Å². The third-order valence-electron chi connectivity index (χ3n) is 5.20. The van der Waals surface area contributed by atoms with Crippen LogP contribution in [-0.2, 0) is 9.53 Å². The number of rotatable bonds is 4. The van der Waals surface area contributed by atoms with E-state index in [0.29, 0.717) is 13.1 Å². The van der Waals surface area contributed by atoms with Gasteiger partial charge in [0.1, 0.15) is 5.60 Å². The number of hydrogen-bond acceptors (Lipinski definition) is 4. The van der Waals surface area contributed by atoms with Gasteiger partial charge in [0, 0.05) is 45.2 Å². The second kappa shape index (κ2) is 9.07. The second-order valence-corrected chi connectivity index (χ2v) is 9.09. The highest BCUT2D eigenvalue weighted by Crippen LogP contribution is 2.22. The Bertz CT molecular complexity index is 471. The van der Waals surface area contributed by atoms with Gasteiger partial charge in [0.25, 0.3) is 0 Å². The summed E-state index contributed by atoms with van der Waals surface area (Å²) >= 11 is 0. The van der Waals surface area contributed by atoms with Crippen molar-refractivity contribution in [1.82, 2.24) is 14.7 Å². The minimum absolute atomic E-state index is 0.0518. The molecule has 0 atom stereocenters. The van der Waals surface area contributed by atoms with E-state index >= 15 is 0 Å². The van der Waals surface area contributed by atoms with Crippen molar-refractivity contribution in [2.75, 3.05) is 45.8 Å². The lowest BCUT2D eigenvalue weighted by Crippen LogP contribution is -2.52. The summed E-state index contributed by atoms with van der Waals surface area (Å²) < 4.78 is 5.43. The molecule has 0 spiro atoms. The van der Waals surface area contributed by atoms with Crippen LogP contribution in [0.25, 0.3) is 0 Å². The minimum atomic E-state index is -0.473. The number of hydrogen-bond donors (Lipinski definition) is 0. The van der Waals surface area contributed by atoms with Crippen molar-refractivity contribution < 1.29 is 14.3 Å². The Morgan fingerprint density at radius 3 is 2.04 bits per heavy atom. The molecule has 0 unspecified atom stereocenters. The average molecular weight is 368 g/mol. The normalized spacial score (nSPS) is 20.5. The van der Waals surface area contributed by atoms with E-state index in [0.717, 1.165) is 51.5 Å². The van der Waals surface area contributed by atoms with Gasteiger partial charge in [-0.15, -0.1) is 0 Å². The smallest absolute Gasteiger partial charge is 0.410 e. The molecular weight excluding hydrogens is 330 g/mol. The van der Waals surface area contributed by atoms with Crippen molar-refractivity contribution in [3.63, 3.8) is 0 Å². The van der Waals surface area contributed by atoms with E-state index in [2.05, 4.69) is 18.7 Å². The van der Waals surface area contributed by atoms with Gasteiger partial charge in [-0.05, 0) is 52.5 Å². The van der Waals surface area contributed by atoms with Crippen molar-refractivity contribution >= 4 is 12.0 Å². The molecule has 2 heterocycles. The van der Waals surface area contributed by atoms with Crippen LogP contribution in [0, 0.1) is 11.8 Å². The van der Waals surface area contributed by atoms with Crippen molar-refractivity contribution in [2.24, 2.45) is 11.8 Å². The van der Waals surface area contributed by atoms with E-state index in [4.69, 9.17) is 4.74 Å². The average Bonchev–Trinajstić information content (AvgIpc) is 2.58. The Balaban J connectivity index is 1.73. The predicted octanol–water partition coefficient (Wildman–Crippen LogP) is 2.82.